The molecule has 0 radical (unpaired) electrons. The fourth-order valence-corrected chi connectivity index (χ4v) is 3.17. The van der Waals surface area contributed by atoms with E-state index in [4.69, 9.17) is 5.73 Å². The summed E-state index contributed by atoms with van der Waals surface area (Å²) in [4.78, 5) is 12.1. The maximum absolute atomic E-state index is 12.1. The second-order valence-corrected chi connectivity index (χ2v) is 6.65. The second-order valence-electron chi connectivity index (χ2n) is 6.65. The Morgan fingerprint density at radius 2 is 1.78 bits per heavy atom. The smallest absolute Gasteiger partial charge is 0.224 e. The number of amides is 1. The second kappa shape index (κ2) is 6.25. The van der Waals surface area contributed by atoms with Crippen LogP contribution >= 0.6 is 12.4 Å². The molecule has 2 aliphatic rings. The van der Waals surface area contributed by atoms with E-state index in [1.807, 2.05) is 0 Å². The first kappa shape index (κ1) is 15.8. The molecule has 2 aliphatic carbocycles. The van der Waals surface area contributed by atoms with Gasteiger partial charge in [-0.15, -0.1) is 12.4 Å². The lowest BCUT2D eigenvalue weighted by Crippen LogP contribution is -2.45. The van der Waals surface area contributed by atoms with Gasteiger partial charge in [0.1, 0.15) is 0 Å². The molecule has 0 aromatic rings. The van der Waals surface area contributed by atoms with E-state index in [1.165, 1.54) is 12.8 Å². The summed E-state index contributed by atoms with van der Waals surface area (Å²) in [5.74, 6) is 0.282. The zero-order valence-electron chi connectivity index (χ0n) is 11.6. The molecule has 0 aliphatic heterocycles. The van der Waals surface area contributed by atoms with E-state index in [1.54, 1.807) is 0 Å². The van der Waals surface area contributed by atoms with Crippen LogP contribution in [0.15, 0.2) is 0 Å². The van der Waals surface area contributed by atoms with Crippen LogP contribution in [0.3, 0.4) is 0 Å². The molecular weight excluding hydrogens is 248 g/mol. The molecule has 2 rings (SSSR count). The van der Waals surface area contributed by atoms with Crippen LogP contribution in [0, 0.1) is 11.3 Å². The summed E-state index contributed by atoms with van der Waals surface area (Å²) < 4.78 is 0. The van der Waals surface area contributed by atoms with Crippen LogP contribution in [0.25, 0.3) is 0 Å². The van der Waals surface area contributed by atoms with Crippen LogP contribution in [0.2, 0.25) is 0 Å². The molecule has 2 fully saturated rings. The van der Waals surface area contributed by atoms with Gasteiger partial charge in [0.15, 0.2) is 0 Å². The molecule has 2 unspecified atom stereocenters. The van der Waals surface area contributed by atoms with Crippen molar-refractivity contribution < 1.29 is 4.79 Å². The van der Waals surface area contributed by atoms with Crippen LogP contribution < -0.4 is 11.1 Å². The summed E-state index contributed by atoms with van der Waals surface area (Å²) in [6, 6.07) is 0.485. The van der Waals surface area contributed by atoms with E-state index in [2.05, 4.69) is 19.2 Å². The number of nitrogens with one attached hydrogen (secondary N) is 1. The number of halogens is 1. The molecule has 3 N–H and O–H groups in total. The van der Waals surface area contributed by atoms with E-state index in [9.17, 15) is 4.79 Å². The fourth-order valence-electron chi connectivity index (χ4n) is 3.17. The Bertz CT molecular complexity index is 284. The van der Waals surface area contributed by atoms with Crippen molar-refractivity contribution in [1.29, 1.82) is 0 Å². The van der Waals surface area contributed by atoms with Gasteiger partial charge < -0.3 is 11.1 Å². The van der Waals surface area contributed by atoms with Gasteiger partial charge in [-0.1, -0.05) is 20.3 Å². The Hall–Kier alpha value is -0.280. The normalized spacial score (nSPS) is 31.7. The molecule has 18 heavy (non-hydrogen) atoms. The van der Waals surface area contributed by atoms with Crippen molar-refractivity contribution in [3.8, 4) is 0 Å². The van der Waals surface area contributed by atoms with Gasteiger partial charge in [0, 0.05) is 12.1 Å². The molecule has 3 nitrogen and oxygen atoms in total. The van der Waals surface area contributed by atoms with Crippen molar-refractivity contribution in [3.05, 3.63) is 0 Å². The SMILES string of the molecule is CC1(C)CCC(NC(=O)C2CCCC2N)CC1.Cl. The largest absolute Gasteiger partial charge is 0.353 e. The zero-order chi connectivity index (χ0) is 12.5. The van der Waals surface area contributed by atoms with Gasteiger partial charge in [0.2, 0.25) is 5.91 Å². The molecule has 0 aromatic carbocycles. The van der Waals surface area contributed by atoms with Crippen LogP contribution in [-0.2, 0) is 4.79 Å². The molecule has 2 atom stereocenters. The van der Waals surface area contributed by atoms with E-state index in [0.717, 1.165) is 32.1 Å². The third-order valence-electron chi connectivity index (χ3n) is 4.59. The van der Waals surface area contributed by atoms with E-state index in [-0.39, 0.29) is 30.3 Å². The topological polar surface area (TPSA) is 55.1 Å². The van der Waals surface area contributed by atoms with Crippen LogP contribution in [0.1, 0.15) is 58.8 Å². The highest BCUT2D eigenvalue weighted by atomic mass is 35.5. The minimum Gasteiger partial charge on any atom is -0.353 e. The number of carbonyl (C=O) groups is 1. The van der Waals surface area contributed by atoms with Gasteiger partial charge in [-0.2, -0.15) is 0 Å². The average molecular weight is 275 g/mol. The number of rotatable bonds is 2. The monoisotopic (exact) mass is 274 g/mol. The molecule has 2 saturated carbocycles. The lowest BCUT2D eigenvalue weighted by molar-refractivity contribution is -0.126. The summed E-state index contributed by atoms with van der Waals surface area (Å²) in [5, 5.41) is 3.21. The predicted octanol–water partition coefficient (Wildman–Crippen LogP) is 2.62. The van der Waals surface area contributed by atoms with Crippen molar-refractivity contribution >= 4 is 18.3 Å². The first-order chi connectivity index (χ1) is 7.98. The first-order valence-corrected chi connectivity index (χ1v) is 7.04. The third kappa shape index (κ3) is 3.86. The van der Waals surface area contributed by atoms with Crippen LogP contribution in [0.5, 0.6) is 0 Å². The number of nitrogens with two attached hydrogens (primary N) is 1. The molecular formula is C14H27ClN2O. The van der Waals surface area contributed by atoms with Gasteiger partial charge in [-0.25, -0.2) is 0 Å². The Kier molecular flexibility index (Phi) is 5.47. The molecule has 0 bridgehead atoms. The summed E-state index contributed by atoms with van der Waals surface area (Å²) >= 11 is 0. The minimum atomic E-state index is 0. The zero-order valence-corrected chi connectivity index (χ0v) is 12.4. The molecule has 1 amide bonds. The Morgan fingerprint density at radius 1 is 1.17 bits per heavy atom. The predicted molar refractivity (Wildman–Crippen MR) is 76.7 cm³/mol. The third-order valence-corrected chi connectivity index (χ3v) is 4.59. The van der Waals surface area contributed by atoms with E-state index in [0.29, 0.717) is 11.5 Å². The van der Waals surface area contributed by atoms with Crippen molar-refractivity contribution in [2.75, 3.05) is 0 Å². The van der Waals surface area contributed by atoms with Crippen LogP contribution in [-0.4, -0.2) is 18.0 Å². The minimum absolute atomic E-state index is 0. The van der Waals surface area contributed by atoms with Gasteiger partial charge >= 0.3 is 0 Å². The molecule has 0 spiro atoms. The maximum Gasteiger partial charge on any atom is 0.224 e. The molecule has 4 heteroatoms. The van der Waals surface area contributed by atoms with E-state index < -0.39 is 0 Å². The summed E-state index contributed by atoms with van der Waals surface area (Å²) in [7, 11) is 0. The number of carbonyl (C=O) groups excluding carboxylic acids is 1. The van der Waals surface area contributed by atoms with Gasteiger partial charge in [0.05, 0.1) is 5.92 Å². The quantitative estimate of drug-likeness (QED) is 0.813. The fraction of sp³-hybridized carbons (Fsp3) is 0.929. The molecule has 106 valence electrons. The molecule has 0 aromatic heterocycles. The first-order valence-electron chi connectivity index (χ1n) is 7.04. The maximum atomic E-state index is 12.1. The average Bonchev–Trinajstić information content (AvgIpc) is 2.68. The lowest BCUT2D eigenvalue weighted by atomic mass is 9.75. The summed E-state index contributed by atoms with van der Waals surface area (Å²) in [6.45, 7) is 4.63. The number of hydrogen-bond acceptors (Lipinski definition) is 2. The van der Waals surface area contributed by atoms with Crippen molar-refractivity contribution in [1.82, 2.24) is 5.32 Å². The van der Waals surface area contributed by atoms with Crippen molar-refractivity contribution in [2.45, 2.75) is 70.9 Å². The van der Waals surface area contributed by atoms with E-state index >= 15 is 0 Å². The summed E-state index contributed by atoms with van der Waals surface area (Å²) in [6.07, 6.45) is 7.78. The van der Waals surface area contributed by atoms with Gasteiger partial charge in [-0.05, 0) is 43.9 Å². The highest BCUT2D eigenvalue weighted by Crippen LogP contribution is 2.35. The number of hydrogen-bond donors (Lipinski definition) is 2. The summed E-state index contributed by atoms with van der Waals surface area (Å²) in [5.41, 5.74) is 6.43. The Morgan fingerprint density at radius 3 is 2.28 bits per heavy atom. The lowest BCUT2D eigenvalue weighted by Gasteiger charge is -2.35. The molecule has 0 heterocycles. The highest BCUT2D eigenvalue weighted by molar-refractivity contribution is 5.85. The van der Waals surface area contributed by atoms with Gasteiger partial charge in [0.25, 0.3) is 0 Å². The van der Waals surface area contributed by atoms with Gasteiger partial charge in [-0.3, -0.25) is 4.79 Å². The molecule has 0 saturated heterocycles. The Labute approximate surface area is 117 Å². The highest BCUT2D eigenvalue weighted by Gasteiger charge is 2.33. The standard InChI is InChI=1S/C14H26N2O.ClH/c1-14(2)8-6-10(7-9-14)16-13(17)11-4-3-5-12(11)15;/h10-12H,3-9,15H2,1-2H3,(H,16,17);1H. The van der Waals surface area contributed by atoms with Crippen LogP contribution in [0.4, 0.5) is 0 Å². The van der Waals surface area contributed by atoms with Crippen molar-refractivity contribution in [2.24, 2.45) is 17.1 Å². The van der Waals surface area contributed by atoms with Crippen molar-refractivity contribution in [3.63, 3.8) is 0 Å². The Balaban J connectivity index is 0.00000162.